The molecule has 1 saturated carbocycles. The second kappa shape index (κ2) is 9.15. The lowest BCUT2D eigenvalue weighted by atomic mass is 10.2. The Bertz CT molecular complexity index is 528. The Labute approximate surface area is 137 Å². The molecule has 0 aromatic heterocycles. The molecule has 3 N–H and O–H groups in total. The van der Waals surface area contributed by atoms with Gasteiger partial charge in [0.2, 0.25) is 0 Å². The zero-order chi connectivity index (χ0) is 16.5. The van der Waals surface area contributed by atoms with E-state index in [9.17, 15) is 9.59 Å². The number of amides is 3. The number of urea groups is 1. The number of hydrogen-bond acceptors (Lipinski definition) is 3. The van der Waals surface area contributed by atoms with Crippen LogP contribution in [0.15, 0.2) is 24.3 Å². The summed E-state index contributed by atoms with van der Waals surface area (Å²) in [6, 6.07) is 6.54. The molecule has 1 aromatic rings. The second-order valence-electron chi connectivity index (χ2n) is 5.67. The summed E-state index contributed by atoms with van der Waals surface area (Å²) in [5.74, 6) is -0.182. The summed E-state index contributed by atoms with van der Waals surface area (Å²) in [6.07, 6.45) is 6.06. The summed E-state index contributed by atoms with van der Waals surface area (Å²) in [6.45, 7) is 1.24. The van der Waals surface area contributed by atoms with Gasteiger partial charge in [-0.1, -0.05) is 18.9 Å². The van der Waals surface area contributed by atoms with Crippen molar-refractivity contribution in [3.05, 3.63) is 29.8 Å². The first-order valence-corrected chi connectivity index (χ1v) is 8.17. The fourth-order valence-electron chi connectivity index (χ4n) is 2.64. The van der Waals surface area contributed by atoms with Crippen LogP contribution in [0.25, 0.3) is 0 Å². The summed E-state index contributed by atoms with van der Waals surface area (Å²) in [7, 11) is 1.57. The molecule has 1 aliphatic carbocycles. The highest BCUT2D eigenvalue weighted by atomic mass is 16.5. The predicted octanol–water partition coefficient (Wildman–Crippen LogP) is 2.52. The number of benzene rings is 1. The topological polar surface area (TPSA) is 79.5 Å². The smallest absolute Gasteiger partial charge is 0.319 e. The number of nitrogens with one attached hydrogen (secondary N) is 3. The SMILES string of the molecule is CNC(=O)c1cccc(NC(=O)NCCCOC2CCCC2)c1. The molecule has 23 heavy (non-hydrogen) atoms. The van der Waals surface area contributed by atoms with E-state index in [2.05, 4.69) is 16.0 Å². The number of ether oxygens (including phenoxy) is 1. The lowest BCUT2D eigenvalue weighted by molar-refractivity contribution is 0.0572. The van der Waals surface area contributed by atoms with E-state index in [1.54, 1.807) is 31.3 Å². The first-order chi connectivity index (χ1) is 11.2. The van der Waals surface area contributed by atoms with Gasteiger partial charge in [0, 0.05) is 31.5 Å². The molecule has 6 nitrogen and oxygen atoms in total. The zero-order valence-electron chi connectivity index (χ0n) is 13.6. The zero-order valence-corrected chi connectivity index (χ0v) is 13.6. The van der Waals surface area contributed by atoms with Crippen LogP contribution in [0.1, 0.15) is 42.5 Å². The number of hydrogen-bond donors (Lipinski definition) is 3. The molecule has 0 heterocycles. The van der Waals surface area contributed by atoms with Crippen molar-refractivity contribution in [3.8, 4) is 0 Å². The Hall–Kier alpha value is -2.08. The third kappa shape index (κ3) is 5.90. The van der Waals surface area contributed by atoms with Gasteiger partial charge in [0.1, 0.15) is 0 Å². The Morgan fingerprint density at radius 1 is 1.26 bits per heavy atom. The molecule has 0 atom stereocenters. The summed E-state index contributed by atoms with van der Waals surface area (Å²) in [5.41, 5.74) is 1.10. The maximum absolute atomic E-state index is 11.8. The van der Waals surface area contributed by atoms with Crippen LogP contribution in [0.5, 0.6) is 0 Å². The molecule has 2 rings (SSSR count). The van der Waals surface area contributed by atoms with Crippen LogP contribution >= 0.6 is 0 Å². The van der Waals surface area contributed by atoms with Gasteiger partial charge in [-0.15, -0.1) is 0 Å². The highest BCUT2D eigenvalue weighted by Crippen LogP contribution is 2.20. The molecule has 0 saturated heterocycles. The summed E-state index contributed by atoms with van der Waals surface area (Å²) >= 11 is 0. The van der Waals surface area contributed by atoms with Crippen LogP contribution in [0.2, 0.25) is 0 Å². The van der Waals surface area contributed by atoms with Crippen molar-refractivity contribution in [1.82, 2.24) is 10.6 Å². The van der Waals surface area contributed by atoms with Crippen molar-refractivity contribution in [1.29, 1.82) is 0 Å². The maximum atomic E-state index is 11.8. The molecule has 0 aliphatic heterocycles. The average Bonchev–Trinajstić information content (AvgIpc) is 3.07. The second-order valence-corrected chi connectivity index (χ2v) is 5.67. The first kappa shape index (κ1) is 17.3. The normalized spacial score (nSPS) is 14.5. The van der Waals surface area contributed by atoms with Gasteiger partial charge in [0.05, 0.1) is 6.10 Å². The third-order valence-electron chi connectivity index (χ3n) is 3.87. The van der Waals surface area contributed by atoms with Gasteiger partial charge in [0.15, 0.2) is 0 Å². The summed E-state index contributed by atoms with van der Waals surface area (Å²) in [5, 5.41) is 8.06. The highest BCUT2D eigenvalue weighted by molar-refractivity contribution is 5.96. The molecule has 0 bridgehead atoms. The van der Waals surface area contributed by atoms with Gasteiger partial charge in [-0.05, 0) is 37.5 Å². The summed E-state index contributed by atoms with van der Waals surface area (Å²) < 4.78 is 5.74. The molecule has 0 unspecified atom stereocenters. The van der Waals surface area contributed by atoms with E-state index in [4.69, 9.17) is 4.74 Å². The van der Waals surface area contributed by atoms with Crippen molar-refractivity contribution in [3.63, 3.8) is 0 Å². The quantitative estimate of drug-likeness (QED) is 0.676. The fourth-order valence-corrected chi connectivity index (χ4v) is 2.64. The van der Waals surface area contributed by atoms with E-state index in [0.717, 1.165) is 19.3 Å². The molecular formula is C17H25N3O3. The van der Waals surface area contributed by atoms with Crippen molar-refractivity contribution in [2.24, 2.45) is 0 Å². The minimum Gasteiger partial charge on any atom is -0.378 e. The van der Waals surface area contributed by atoms with Gasteiger partial charge in [-0.2, -0.15) is 0 Å². The van der Waals surface area contributed by atoms with Crippen LogP contribution < -0.4 is 16.0 Å². The van der Waals surface area contributed by atoms with E-state index in [1.165, 1.54) is 12.8 Å². The van der Waals surface area contributed by atoms with Gasteiger partial charge in [-0.3, -0.25) is 4.79 Å². The molecule has 0 radical (unpaired) electrons. The average molecular weight is 319 g/mol. The Morgan fingerprint density at radius 2 is 2.04 bits per heavy atom. The van der Waals surface area contributed by atoms with E-state index >= 15 is 0 Å². The molecule has 126 valence electrons. The molecule has 6 heteroatoms. The van der Waals surface area contributed by atoms with Gasteiger partial charge < -0.3 is 20.7 Å². The Balaban J connectivity index is 1.65. The Morgan fingerprint density at radius 3 is 2.78 bits per heavy atom. The molecule has 1 aliphatic rings. The standard InChI is InChI=1S/C17H25N3O3/c1-18-16(21)13-6-4-7-14(12-13)20-17(22)19-10-5-11-23-15-8-2-3-9-15/h4,6-7,12,15H,2-3,5,8-11H2,1H3,(H,18,21)(H2,19,20,22). The number of carbonyl (C=O) groups is 2. The van der Waals surface area contributed by atoms with Crippen LogP contribution in [-0.2, 0) is 4.74 Å². The maximum Gasteiger partial charge on any atom is 0.319 e. The van der Waals surface area contributed by atoms with E-state index in [-0.39, 0.29) is 11.9 Å². The van der Waals surface area contributed by atoms with Gasteiger partial charge in [-0.25, -0.2) is 4.79 Å². The number of carbonyl (C=O) groups excluding carboxylic acids is 2. The van der Waals surface area contributed by atoms with E-state index in [1.807, 2.05) is 0 Å². The van der Waals surface area contributed by atoms with Gasteiger partial charge >= 0.3 is 6.03 Å². The monoisotopic (exact) mass is 319 g/mol. The summed E-state index contributed by atoms with van der Waals surface area (Å²) in [4.78, 5) is 23.4. The molecular weight excluding hydrogens is 294 g/mol. The Kier molecular flexibility index (Phi) is 6.87. The van der Waals surface area contributed by atoms with E-state index < -0.39 is 0 Å². The van der Waals surface area contributed by atoms with Crippen LogP contribution in [0, 0.1) is 0 Å². The van der Waals surface area contributed by atoms with Crippen LogP contribution in [0.3, 0.4) is 0 Å². The van der Waals surface area contributed by atoms with Crippen LogP contribution in [-0.4, -0.2) is 38.2 Å². The lowest BCUT2D eigenvalue weighted by Gasteiger charge is -2.11. The van der Waals surface area contributed by atoms with E-state index in [0.29, 0.717) is 30.5 Å². The minimum atomic E-state index is -0.278. The lowest BCUT2D eigenvalue weighted by Crippen LogP contribution is -2.30. The first-order valence-electron chi connectivity index (χ1n) is 8.17. The van der Waals surface area contributed by atoms with Crippen molar-refractivity contribution < 1.29 is 14.3 Å². The van der Waals surface area contributed by atoms with Crippen molar-refractivity contribution in [2.75, 3.05) is 25.5 Å². The van der Waals surface area contributed by atoms with Crippen LogP contribution in [0.4, 0.5) is 10.5 Å². The fraction of sp³-hybridized carbons (Fsp3) is 0.529. The highest BCUT2D eigenvalue weighted by Gasteiger charge is 2.14. The molecule has 1 aromatic carbocycles. The molecule has 3 amide bonds. The number of rotatable bonds is 7. The predicted molar refractivity (Wildman–Crippen MR) is 89.7 cm³/mol. The number of anilines is 1. The third-order valence-corrected chi connectivity index (χ3v) is 3.87. The van der Waals surface area contributed by atoms with Crippen molar-refractivity contribution >= 4 is 17.6 Å². The molecule has 1 fully saturated rings. The molecule has 0 spiro atoms. The largest absolute Gasteiger partial charge is 0.378 e. The van der Waals surface area contributed by atoms with Gasteiger partial charge in [0.25, 0.3) is 5.91 Å². The minimum absolute atomic E-state index is 0.182. The van der Waals surface area contributed by atoms with Crippen molar-refractivity contribution in [2.45, 2.75) is 38.2 Å².